The Kier molecular flexibility index (Phi) is 5.52. The van der Waals surface area contributed by atoms with Crippen molar-refractivity contribution in [1.82, 2.24) is 9.88 Å². The molecule has 0 N–H and O–H groups in total. The lowest BCUT2D eigenvalue weighted by Gasteiger charge is -2.35. The number of rotatable bonds is 5. The van der Waals surface area contributed by atoms with Gasteiger partial charge in [-0.05, 0) is 40.2 Å². The molecule has 1 heterocycles. The second-order valence-electron chi connectivity index (χ2n) is 6.55. The van der Waals surface area contributed by atoms with Crippen molar-refractivity contribution in [1.29, 1.82) is 0 Å². The fourth-order valence-corrected chi connectivity index (χ4v) is 2.96. The van der Waals surface area contributed by atoms with Crippen LogP contribution in [0.1, 0.15) is 37.8 Å². The molecule has 0 atom stereocenters. The first kappa shape index (κ1) is 17.6. The zero-order valence-corrected chi connectivity index (χ0v) is 15.2. The van der Waals surface area contributed by atoms with Gasteiger partial charge in [0.25, 0.3) is 5.22 Å². The topological polar surface area (TPSA) is 46.3 Å². The number of carbonyl (C=O) groups is 1. The van der Waals surface area contributed by atoms with Crippen molar-refractivity contribution < 1.29 is 9.21 Å². The maximum Gasteiger partial charge on any atom is 0.256 e. The van der Waals surface area contributed by atoms with Gasteiger partial charge in [-0.15, -0.1) is 0 Å². The first-order valence-corrected chi connectivity index (χ1v) is 8.67. The molecule has 0 bridgehead atoms. The fraction of sp³-hybridized carbons (Fsp3) is 0.444. The maximum absolute atomic E-state index is 12.7. The second kappa shape index (κ2) is 7.21. The van der Waals surface area contributed by atoms with E-state index in [1.165, 1.54) is 11.8 Å². The molecule has 0 radical (unpaired) electrons. The molecule has 0 unspecified atom stereocenters. The number of hydrogen-bond acceptors (Lipinski definition) is 4. The molecule has 124 valence electrons. The minimum atomic E-state index is -0.240. The molecule has 5 heteroatoms. The normalized spacial score (nSPS) is 11.5. The number of aromatic nitrogens is 1. The van der Waals surface area contributed by atoms with Crippen molar-refractivity contribution in [2.24, 2.45) is 0 Å². The highest BCUT2D eigenvalue weighted by atomic mass is 32.2. The van der Waals surface area contributed by atoms with Gasteiger partial charge in [-0.25, -0.2) is 4.98 Å². The summed E-state index contributed by atoms with van der Waals surface area (Å²) >= 11 is 1.35. The number of carbonyl (C=O) groups excluding carboxylic acids is 1. The Balaban J connectivity index is 2.05. The standard InChI is InChI=1S/C18H24N2O2S/c1-13-14(2)22-17(19-13)23-12-16(21)20(18(3,4)5)11-15-9-7-6-8-10-15/h6-10H,11-12H2,1-5H3. The van der Waals surface area contributed by atoms with E-state index in [1.807, 2.05) is 49.1 Å². The van der Waals surface area contributed by atoms with E-state index in [0.717, 1.165) is 17.0 Å². The molecule has 0 aliphatic heterocycles. The number of thioether (sulfide) groups is 1. The summed E-state index contributed by atoms with van der Waals surface area (Å²) in [6.07, 6.45) is 0. The highest BCUT2D eigenvalue weighted by Crippen LogP contribution is 2.23. The van der Waals surface area contributed by atoms with Gasteiger partial charge in [0.1, 0.15) is 5.76 Å². The van der Waals surface area contributed by atoms with Gasteiger partial charge in [-0.2, -0.15) is 0 Å². The minimum Gasteiger partial charge on any atom is -0.437 e. The molecule has 2 rings (SSSR count). The Morgan fingerprint density at radius 3 is 2.39 bits per heavy atom. The van der Waals surface area contributed by atoms with E-state index >= 15 is 0 Å². The Morgan fingerprint density at radius 1 is 1.22 bits per heavy atom. The molecular formula is C18H24N2O2S. The highest BCUT2D eigenvalue weighted by Gasteiger charge is 2.26. The number of aryl methyl sites for hydroxylation is 2. The van der Waals surface area contributed by atoms with E-state index in [1.54, 1.807) is 0 Å². The van der Waals surface area contributed by atoms with Gasteiger partial charge >= 0.3 is 0 Å². The molecule has 4 nitrogen and oxygen atoms in total. The van der Waals surface area contributed by atoms with Crippen LogP contribution in [-0.2, 0) is 11.3 Å². The van der Waals surface area contributed by atoms with Gasteiger partial charge in [-0.3, -0.25) is 4.79 Å². The third-order valence-electron chi connectivity index (χ3n) is 3.62. The average molecular weight is 332 g/mol. The highest BCUT2D eigenvalue weighted by molar-refractivity contribution is 7.99. The van der Waals surface area contributed by atoms with Crippen LogP contribution in [0.3, 0.4) is 0 Å². The van der Waals surface area contributed by atoms with Crippen LogP contribution in [0, 0.1) is 13.8 Å². The van der Waals surface area contributed by atoms with Crippen LogP contribution in [0.2, 0.25) is 0 Å². The van der Waals surface area contributed by atoms with Crippen LogP contribution in [0.25, 0.3) is 0 Å². The molecule has 0 fully saturated rings. The molecule has 0 spiro atoms. The molecule has 23 heavy (non-hydrogen) atoms. The lowest BCUT2D eigenvalue weighted by atomic mass is 10.0. The van der Waals surface area contributed by atoms with Gasteiger partial charge in [0.2, 0.25) is 5.91 Å². The van der Waals surface area contributed by atoms with Crippen molar-refractivity contribution in [2.75, 3.05) is 5.75 Å². The summed E-state index contributed by atoms with van der Waals surface area (Å²) in [4.78, 5) is 18.9. The van der Waals surface area contributed by atoms with Gasteiger partial charge in [0.05, 0.1) is 11.4 Å². The third-order valence-corrected chi connectivity index (χ3v) is 4.44. The Morgan fingerprint density at radius 2 is 1.87 bits per heavy atom. The zero-order valence-electron chi connectivity index (χ0n) is 14.4. The fourth-order valence-electron chi connectivity index (χ4n) is 2.17. The Labute approximate surface area is 142 Å². The van der Waals surface area contributed by atoms with Crippen LogP contribution in [0.4, 0.5) is 0 Å². The quantitative estimate of drug-likeness (QED) is 0.770. The first-order chi connectivity index (χ1) is 10.8. The largest absolute Gasteiger partial charge is 0.437 e. The van der Waals surface area contributed by atoms with E-state index in [2.05, 4.69) is 25.8 Å². The van der Waals surface area contributed by atoms with E-state index in [-0.39, 0.29) is 11.4 Å². The number of amides is 1. The van der Waals surface area contributed by atoms with Crippen LogP contribution in [0.5, 0.6) is 0 Å². The number of nitrogens with zero attached hydrogens (tertiary/aromatic N) is 2. The van der Waals surface area contributed by atoms with E-state index in [9.17, 15) is 4.79 Å². The molecular weight excluding hydrogens is 308 g/mol. The van der Waals surface area contributed by atoms with E-state index < -0.39 is 0 Å². The lowest BCUT2D eigenvalue weighted by Crippen LogP contribution is -2.45. The molecule has 1 amide bonds. The number of oxazole rings is 1. The van der Waals surface area contributed by atoms with Crippen LogP contribution >= 0.6 is 11.8 Å². The molecule has 1 aromatic carbocycles. The van der Waals surface area contributed by atoms with Crippen molar-refractivity contribution in [3.63, 3.8) is 0 Å². The monoisotopic (exact) mass is 332 g/mol. The van der Waals surface area contributed by atoms with E-state index in [4.69, 9.17) is 4.42 Å². The summed E-state index contributed by atoms with van der Waals surface area (Å²) in [6, 6.07) is 10.1. The smallest absolute Gasteiger partial charge is 0.256 e. The summed E-state index contributed by atoms with van der Waals surface area (Å²) in [7, 11) is 0. The number of benzene rings is 1. The molecule has 0 saturated heterocycles. The van der Waals surface area contributed by atoms with Gasteiger partial charge in [0.15, 0.2) is 0 Å². The van der Waals surface area contributed by atoms with Crippen LogP contribution in [-0.4, -0.2) is 27.1 Å². The molecule has 0 aliphatic rings. The zero-order chi connectivity index (χ0) is 17.0. The Hall–Kier alpha value is -1.75. The van der Waals surface area contributed by atoms with Crippen LogP contribution < -0.4 is 0 Å². The van der Waals surface area contributed by atoms with Crippen molar-refractivity contribution in [3.8, 4) is 0 Å². The summed E-state index contributed by atoms with van der Waals surface area (Å²) in [6.45, 7) is 10.5. The summed E-state index contributed by atoms with van der Waals surface area (Å²) < 4.78 is 5.53. The minimum absolute atomic E-state index is 0.0832. The van der Waals surface area contributed by atoms with Crippen molar-refractivity contribution in [2.45, 2.75) is 51.9 Å². The van der Waals surface area contributed by atoms with E-state index in [0.29, 0.717) is 17.5 Å². The van der Waals surface area contributed by atoms with Crippen LogP contribution in [0.15, 0.2) is 40.0 Å². The van der Waals surface area contributed by atoms with Gasteiger partial charge < -0.3 is 9.32 Å². The summed E-state index contributed by atoms with van der Waals surface area (Å²) in [5.74, 6) is 1.21. The third kappa shape index (κ3) is 4.86. The van der Waals surface area contributed by atoms with Gasteiger partial charge in [-0.1, -0.05) is 42.1 Å². The molecule has 0 aliphatic carbocycles. The predicted octanol–water partition coefficient (Wildman–Crippen LogP) is 4.21. The summed E-state index contributed by atoms with van der Waals surface area (Å²) in [5.41, 5.74) is 1.76. The second-order valence-corrected chi connectivity index (χ2v) is 7.47. The number of hydrogen-bond donors (Lipinski definition) is 0. The summed E-state index contributed by atoms with van der Waals surface area (Å²) in [5, 5.41) is 0.557. The first-order valence-electron chi connectivity index (χ1n) is 7.68. The SMILES string of the molecule is Cc1nc(SCC(=O)N(Cc2ccccc2)C(C)(C)C)oc1C. The maximum atomic E-state index is 12.7. The lowest BCUT2D eigenvalue weighted by molar-refractivity contribution is -0.133. The van der Waals surface area contributed by atoms with Crippen molar-refractivity contribution in [3.05, 3.63) is 47.3 Å². The molecule has 2 aromatic rings. The predicted molar refractivity (Wildman–Crippen MR) is 93.4 cm³/mol. The van der Waals surface area contributed by atoms with Crippen molar-refractivity contribution >= 4 is 17.7 Å². The average Bonchev–Trinajstić information content (AvgIpc) is 2.81. The molecule has 0 saturated carbocycles. The molecule has 1 aromatic heterocycles. The van der Waals surface area contributed by atoms with Gasteiger partial charge in [0, 0.05) is 12.1 Å². The Bertz CT molecular complexity index is 640.